The first-order chi connectivity index (χ1) is 11.2. The smallest absolute Gasteiger partial charge is 0.336 e. The highest BCUT2D eigenvalue weighted by molar-refractivity contribution is 6.30. The zero-order valence-electron chi connectivity index (χ0n) is 13.7. The Morgan fingerprint density at radius 3 is 2.30 bits per heavy atom. The third-order valence-electron chi connectivity index (χ3n) is 4.43. The van der Waals surface area contributed by atoms with E-state index in [4.69, 9.17) is 16.3 Å². The molecule has 4 heteroatoms. The molecule has 2 rings (SSSR count). The summed E-state index contributed by atoms with van der Waals surface area (Å²) in [6.07, 6.45) is 12.6. The third kappa shape index (κ3) is 7.36. The molecule has 1 heterocycles. The highest BCUT2D eigenvalue weighted by atomic mass is 35.5. The Balaban J connectivity index is 1.50. The van der Waals surface area contributed by atoms with Gasteiger partial charge in [0.05, 0.1) is 18.3 Å². The minimum absolute atomic E-state index is 0.345. The first-order valence-electron chi connectivity index (χ1n) is 8.80. The fourth-order valence-corrected chi connectivity index (χ4v) is 3.12. The lowest BCUT2D eigenvalue weighted by Crippen LogP contribution is -2.02. The quantitative estimate of drug-likeness (QED) is 0.405. The van der Waals surface area contributed by atoms with Gasteiger partial charge in [-0.1, -0.05) is 62.6 Å². The summed E-state index contributed by atoms with van der Waals surface area (Å²) in [6, 6.07) is 5.16. The van der Waals surface area contributed by atoms with Gasteiger partial charge in [-0.3, -0.25) is 0 Å². The lowest BCUT2D eigenvalue weighted by molar-refractivity contribution is 0.0695. The van der Waals surface area contributed by atoms with E-state index in [-0.39, 0.29) is 0 Å². The number of rotatable bonds is 12. The maximum atomic E-state index is 11.2. The van der Waals surface area contributed by atoms with Crippen LogP contribution < -0.4 is 0 Å². The van der Waals surface area contributed by atoms with Crippen molar-refractivity contribution in [3.8, 4) is 0 Å². The van der Waals surface area contributed by atoms with Gasteiger partial charge in [-0.15, -0.1) is 0 Å². The molecule has 1 aromatic carbocycles. The Bertz CT molecular complexity index is 497. The molecule has 1 saturated heterocycles. The van der Waals surface area contributed by atoms with Crippen LogP contribution in [0.25, 0.3) is 0 Å². The van der Waals surface area contributed by atoms with Crippen molar-refractivity contribution in [3.05, 3.63) is 34.3 Å². The van der Waals surface area contributed by atoms with Crippen LogP contribution in [0, 0.1) is 0 Å². The van der Waals surface area contributed by atoms with Gasteiger partial charge in [-0.2, -0.15) is 0 Å². The molecule has 0 bridgehead atoms. The van der Waals surface area contributed by atoms with Crippen molar-refractivity contribution >= 4 is 17.6 Å². The van der Waals surface area contributed by atoms with E-state index in [1.807, 2.05) is 6.07 Å². The zero-order valence-corrected chi connectivity index (χ0v) is 14.5. The van der Waals surface area contributed by atoms with E-state index in [1.54, 1.807) is 12.1 Å². The molecule has 1 N–H and O–H groups in total. The van der Waals surface area contributed by atoms with E-state index in [2.05, 4.69) is 0 Å². The van der Waals surface area contributed by atoms with Crippen LogP contribution in [0.1, 0.15) is 73.7 Å². The van der Waals surface area contributed by atoms with Crippen molar-refractivity contribution in [1.29, 1.82) is 0 Å². The molecule has 3 nitrogen and oxygen atoms in total. The number of aryl methyl sites for hydroxylation is 1. The molecule has 1 aromatic rings. The lowest BCUT2D eigenvalue weighted by atomic mass is 10.00. The summed E-state index contributed by atoms with van der Waals surface area (Å²) in [4.78, 5) is 11.2. The van der Waals surface area contributed by atoms with Gasteiger partial charge in [0.25, 0.3) is 0 Å². The Kier molecular flexibility index (Phi) is 7.90. The van der Waals surface area contributed by atoms with Crippen molar-refractivity contribution in [2.75, 3.05) is 6.61 Å². The number of benzene rings is 1. The van der Waals surface area contributed by atoms with Gasteiger partial charge in [0.15, 0.2) is 0 Å². The Hall–Kier alpha value is -1.06. The maximum Gasteiger partial charge on any atom is 0.336 e. The van der Waals surface area contributed by atoms with Gasteiger partial charge in [-0.05, 0) is 37.0 Å². The average Bonchev–Trinajstić information content (AvgIpc) is 3.34. The number of carbonyl (C=O) groups is 1. The predicted molar refractivity (Wildman–Crippen MR) is 93.4 cm³/mol. The predicted octanol–water partition coefficient (Wildman–Crippen LogP) is 5.49. The van der Waals surface area contributed by atoms with Gasteiger partial charge < -0.3 is 9.84 Å². The van der Waals surface area contributed by atoms with E-state index in [9.17, 15) is 9.90 Å². The Morgan fingerprint density at radius 1 is 1.09 bits per heavy atom. The zero-order chi connectivity index (χ0) is 16.5. The van der Waals surface area contributed by atoms with Crippen molar-refractivity contribution < 1.29 is 14.6 Å². The first kappa shape index (κ1) is 18.3. The van der Waals surface area contributed by atoms with Gasteiger partial charge in [0.2, 0.25) is 0 Å². The van der Waals surface area contributed by atoms with Crippen LogP contribution in [0.3, 0.4) is 0 Å². The standard InChI is InChI=1S/C19H27ClO3/c20-16-12-11-15(18(13-16)19(21)22)9-7-5-3-1-2-4-6-8-10-17-14-23-17/h11-13,17H,1-10,14H2,(H,21,22). The molecule has 0 spiro atoms. The highest BCUT2D eigenvalue weighted by Gasteiger charge is 2.20. The van der Waals surface area contributed by atoms with E-state index in [0.717, 1.165) is 31.4 Å². The second kappa shape index (κ2) is 9.94. The number of carboxylic acids is 1. The van der Waals surface area contributed by atoms with Crippen LogP contribution in [-0.2, 0) is 11.2 Å². The summed E-state index contributed by atoms with van der Waals surface area (Å²) in [5.41, 5.74) is 1.24. The monoisotopic (exact) mass is 338 g/mol. The second-order valence-corrected chi connectivity index (χ2v) is 6.87. The number of ether oxygens (including phenoxy) is 1. The summed E-state index contributed by atoms with van der Waals surface area (Å²) >= 11 is 5.87. The molecule has 128 valence electrons. The van der Waals surface area contributed by atoms with Crippen molar-refractivity contribution in [3.63, 3.8) is 0 Å². The van der Waals surface area contributed by atoms with Crippen molar-refractivity contribution in [2.24, 2.45) is 0 Å². The number of halogens is 1. The average molecular weight is 339 g/mol. The van der Waals surface area contributed by atoms with Crippen LogP contribution in [-0.4, -0.2) is 23.8 Å². The molecule has 0 aromatic heterocycles. The molecule has 1 unspecified atom stereocenters. The molecule has 0 aliphatic carbocycles. The molecular weight excluding hydrogens is 312 g/mol. The normalized spacial score (nSPS) is 16.5. The number of aromatic carboxylic acids is 1. The van der Waals surface area contributed by atoms with Crippen LogP contribution >= 0.6 is 11.6 Å². The molecule has 1 atom stereocenters. The molecule has 0 saturated carbocycles. The Labute approximate surface area is 144 Å². The van der Waals surface area contributed by atoms with Crippen molar-refractivity contribution in [2.45, 2.75) is 70.3 Å². The fourth-order valence-electron chi connectivity index (χ4n) is 2.95. The lowest BCUT2D eigenvalue weighted by Gasteiger charge is -2.07. The molecular formula is C19H27ClO3. The third-order valence-corrected chi connectivity index (χ3v) is 4.66. The SMILES string of the molecule is O=C(O)c1cc(Cl)ccc1CCCCCCCCCCC1CO1. The fraction of sp³-hybridized carbons (Fsp3) is 0.632. The highest BCUT2D eigenvalue weighted by Crippen LogP contribution is 2.20. The molecule has 1 aliphatic rings. The minimum atomic E-state index is -0.890. The van der Waals surface area contributed by atoms with Crippen molar-refractivity contribution in [1.82, 2.24) is 0 Å². The van der Waals surface area contributed by atoms with Crippen LogP contribution in [0.4, 0.5) is 0 Å². The Morgan fingerprint density at radius 2 is 1.70 bits per heavy atom. The second-order valence-electron chi connectivity index (χ2n) is 6.43. The van der Waals surface area contributed by atoms with Gasteiger partial charge in [0.1, 0.15) is 0 Å². The summed E-state index contributed by atoms with van der Waals surface area (Å²) < 4.78 is 5.20. The number of carboxylic acid groups (broad SMARTS) is 1. The summed E-state index contributed by atoms with van der Waals surface area (Å²) in [7, 11) is 0. The summed E-state index contributed by atoms with van der Waals surface area (Å²) in [5.74, 6) is -0.890. The van der Waals surface area contributed by atoms with E-state index in [0.29, 0.717) is 16.7 Å². The van der Waals surface area contributed by atoms with Crippen LogP contribution in [0.15, 0.2) is 18.2 Å². The van der Waals surface area contributed by atoms with E-state index >= 15 is 0 Å². The van der Waals surface area contributed by atoms with Gasteiger partial charge >= 0.3 is 5.97 Å². The van der Waals surface area contributed by atoms with Crippen LogP contribution in [0.5, 0.6) is 0 Å². The maximum absolute atomic E-state index is 11.2. The minimum Gasteiger partial charge on any atom is -0.478 e. The van der Waals surface area contributed by atoms with E-state index in [1.165, 1.54) is 44.9 Å². The molecule has 1 fully saturated rings. The van der Waals surface area contributed by atoms with Gasteiger partial charge in [0, 0.05) is 5.02 Å². The topological polar surface area (TPSA) is 49.8 Å². The summed E-state index contributed by atoms with van der Waals surface area (Å²) in [6.45, 7) is 0.983. The van der Waals surface area contributed by atoms with Crippen LogP contribution in [0.2, 0.25) is 5.02 Å². The largest absolute Gasteiger partial charge is 0.478 e. The van der Waals surface area contributed by atoms with Gasteiger partial charge in [-0.25, -0.2) is 4.79 Å². The number of hydrogen-bond donors (Lipinski definition) is 1. The molecule has 0 amide bonds. The molecule has 1 aliphatic heterocycles. The molecule has 23 heavy (non-hydrogen) atoms. The van der Waals surface area contributed by atoms with E-state index < -0.39 is 5.97 Å². The number of unbranched alkanes of at least 4 members (excludes halogenated alkanes) is 7. The number of hydrogen-bond acceptors (Lipinski definition) is 2. The first-order valence-corrected chi connectivity index (χ1v) is 9.18. The molecule has 0 radical (unpaired) electrons. The summed E-state index contributed by atoms with van der Waals surface area (Å²) in [5, 5.41) is 9.69. The number of epoxide rings is 1.